The van der Waals surface area contributed by atoms with Crippen molar-refractivity contribution in [3.05, 3.63) is 239 Å². The van der Waals surface area contributed by atoms with Crippen LogP contribution >= 0.6 is 0 Å². The second-order valence-electron chi connectivity index (χ2n) is 14.4. The molecule has 0 amide bonds. The van der Waals surface area contributed by atoms with Crippen molar-refractivity contribution in [3.63, 3.8) is 0 Å². The smallest absolute Gasteiger partial charge is 0.169 e. The summed E-state index contributed by atoms with van der Waals surface area (Å²) in [7, 11) is 0. The van der Waals surface area contributed by atoms with Gasteiger partial charge in [0.15, 0.2) is 6.17 Å². The van der Waals surface area contributed by atoms with E-state index in [1.165, 1.54) is 27.8 Å². The van der Waals surface area contributed by atoms with E-state index in [0.717, 1.165) is 62.2 Å². The molecule has 3 heterocycles. The Labute approximate surface area is 326 Å². The van der Waals surface area contributed by atoms with Crippen LogP contribution in [0, 0.1) is 0 Å². The number of benzene rings is 7. The van der Waals surface area contributed by atoms with Crippen molar-refractivity contribution in [1.29, 1.82) is 0 Å². The zero-order chi connectivity index (χ0) is 37.1. The molecule has 2 aliphatic heterocycles. The zero-order valence-corrected chi connectivity index (χ0v) is 30.4. The number of nitrogens with zero attached hydrogens (tertiary/aromatic N) is 4. The molecule has 11 rings (SSSR count). The number of pyridine rings is 1. The molecule has 7 aromatic carbocycles. The molecule has 1 spiro atoms. The summed E-state index contributed by atoms with van der Waals surface area (Å²) in [5.74, 6) is 1.58. The maximum absolute atomic E-state index is 5.34. The van der Waals surface area contributed by atoms with Gasteiger partial charge in [-0.05, 0) is 75.3 Å². The van der Waals surface area contributed by atoms with Crippen molar-refractivity contribution in [3.8, 4) is 22.4 Å². The van der Waals surface area contributed by atoms with Crippen LogP contribution in [-0.2, 0) is 5.41 Å². The van der Waals surface area contributed by atoms with Crippen molar-refractivity contribution in [2.24, 2.45) is 9.98 Å². The predicted molar refractivity (Wildman–Crippen MR) is 227 cm³/mol. The van der Waals surface area contributed by atoms with E-state index in [4.69, 9.17) is 15.0 Å². The van der Waals surface area contributed by atoms with Crippen LogP contribution in [0.1, 0.15) is 45.1 Å². The molecule has 1 unspecified atom stereocenters. The first kappa shape index (κ1) is 32.1. The lowest BCUT2D eigenvalue weighted by Gasteiger charge is -2.45. The van der Waals surface area contributed by atoms with E-state index < -0.39 is 11.6 Å². The Balaban J connectivity index is 1.11. The van der Waals surface area contributed by atoms with Gasteiger partial charge >= 0.3 is 0 Å². The van der Waals surface area contributed by atoms with Crippen molar-refractivity contribution in [2.75, 3.05) is 4.90 Å². The van der Waals surface area contributed by atoms with Crippen LogP contribution in [0.15, 0.2) is 210 Å². The van der Waals surface area contributed by atoms with Gasteiger partial charge in [-0.2, -0.15) is 0 Å². The van der Waals surface area contributed by atoms with Gasteiger partial charge in [-0.3, -0.25) is 4.98 Å². The molecule has 264 valence electrons. The number of amidine groups is 2. The Kier molecular flexibility index (Phi) is 7.39. The second kappa shape index (κ2) is 12.9. The molecule has 5 heteroatoms. The Morgan fingerprint density at radius 2 is 0.964 bits per heavy atom. The Bertz CT molecular complexity index is 2780. The Hall–Kier alpha value is -7.37. The van der Waals surface area contributed by atoms with Crippen molar-refractivity contribution in [2.45, 2.75) is 11.6 Å². The normalized spacial score (nSPS) is 15.8. The summed E-state index contributed by atoms with van der Waals surface area (Å²) in [5, 5.41) is 3.60. The highest BCUT2D eigenvalue weighted by molar-refractivity contribution is 6.16. The number of aromatic nitrogens is 1. The fourth-order valence-electron chi connectivity index (χ4n) is 8.93. The number of para-hydroxylation sites is 3. The van der Waals surface area contributed by atoms with Gasteiger partial charge in [-0.15, -0.1) is 0 Å². The van der Waals surface area contributed by atoms with Gasteiger partial charge < -0.3 is 10.2 Å². The highest BCUT2D eigenvalue weighted by Gasteiger charge is 2.52. The predicted octanol–water partition coefficient (Wildman–Crippen LogP) is 11.4. The monoisotopic (exact) mass is 717 g/mol. The average Bonchev–Trinajstić information content (AvgIpc) is 3.57. The lowest BCUT2D eigenvalue weighted by molar-refractivity contribution is 0.730. The van der Waals surface area contributed by atoms with Gasteiger partial charge in [0.05, 0.1) is 22.5 Å². The van der Waals surface area contributed by atoms with Crippen LogP contribution in [0.25, 0.3) is 22.4 Å². The minimum atomic E-state index is -0.619. The molecule has 0 radical (unpaired) electrons. The first-order valence-electron chi connectivity index (χ1n) is 19.1. The van der Waals surface area contributed by atoms with Crippen molar-refractivity contribution < 1.29 is 0 Å². The van der Waals surface area contributed by atoms with E-state index in [9.17, 15) is 0 Å². The van der Waals surface area contributed by atoms with Gasteiger partial charge in [0, 0.05) is 28.6 Å². The van der Waals surface area contributed by atoms with Crippen LogP contribution in [0.2, 0.25) is 0 Å². The number of hydrogen-bond acceptors (Lipinski definition) is 5. The summed E-state index contributed by atoms with van der Waals surface area (Å²) >= 11 is 0. The molecule has 0 saturated heterocycles. The zero-order valence-electron chi connectivity index (χ0n) is 30.4. The molecule has 0 fully saturated rings. The molecular weight excluding hydrogens is 683 g/mol. The summed E-state index contributed by atoms with van der Waals surface area (Å²) in [6.45, 7) is 0. The number of nitrogens with one attached hydrogen (secondary N) is 1. The van der Waals surface area contributed by atoms with Gasteiger partial charge in [-0.25, -0.2) is 9.98 Å². The first-order chi connectivity index (χ1) is 27.8. The van der Waals surface area contributed by atoms with Crippen LogP contribution in [0.4, 0.5) is 17.1 Å². The van der Waals surface area contributed by atoms with E-state index in [1.54, 1.807) is 0 Å². The summed E-state index contributed by atoms with van der Waals surface area (Å²) in [6, 6.07) is 68.9. The topological polar surface area (TPSA) is 52.9 Å². The first-order valence-corrected chi connectivity index (χ1v) is 19.1. The number of fused-ring (bicyclic) bond motifs is 9. The number of rotatable bonds is 5. The standard InChI is InChI=1S/C51H35N5/c1-4-15-34(16-5-1)35-26-28-37(29-27-35)49-53-48(36-17-6-2-7-18-36)54-50(55-49)38-30-31-40-44(33-38)51(43-23-14-32-52-47(40)43)41-21-10-12-24-45(41)56(39-19-8-3-9-20-39)46-25-13-11-22-42(46)51/h1-33,50H,(H,53,54,55). The van der Waals surface area contributed by atoms with E-state index in [1.807, 2.05) is 18.3 Å². The Morgan fingerprint density at radius 3 is 1.62 bits per heavy atom. The minimum absolute atomic E-state index is 0.482. The van der Waals surface area contributed by atoms with Crippen LogP contribution in [0.5, 0.6) is 0 Å². The van der Waals surface area contributed by atoms with E-state index in [2.05, 4.69) is 192 Å². The molecule has 1 aliphatic carbocycles. The highest BCUT2D eigenvalue weighted by Crippen LogP contribution is 2.63. The van der Waals surface area contributed by atoms with Crippen LogP contribution in [-0.4, -0.2) is 16.7 Å². The molecule has 8 aromatic rings. The third-order valence-corrected chi connectivity index (χ3v) is 11.4. The summed E-state index contributed by atoms with van der Waals surface area (Å²) in [5.41, 5.74) is 15.1. The average molecular weight is 718 g/mol. The van der Waals surface area contributed by atoms with E-state index in [-0.39, 0.29) is 0 Å². The third kappa shape index (κ3) is 4.91. The van der Waals surface area contributed by atoms with Crippen LogP contribution in [0.3, 0.4) is 0 Å². The van der Waals surface area contributed by atoms with Crippen LogP contribution < -0.4 is 10.2 Å². The molecule has 0 saturated carbocycles. The molecule has 56 heavy (non-hydrogen) atoms. The van der Waals surface area contributed by atoms with E-state index >= 15 is 0 Å². The third-order valence-electron chi connectivity index (χ3n) is 11.4. The molecule has 1 aromatic heterocycles. The van der Waals surface area contributed by atoms with Gasteiger partial charge in [0.2, 0.25) is 0 Å². The summed E-state index contributed by atoms with van der Waals surface area (Å²) in [6.07, 6.45) is 1.43. The minimum Gasteiger partial charge on any atom is -0.324 e. The largest absolute Gasteiger partial charge is 0.324 e. The van der Waals surface area contributed by atoms with Gasteiger partial charge in [-0.1, -0.05) is 158 Å². The van der Waals surface area contributed by atoms with Gasteiger partial charge in [0.25, 0.3) is 0 Å². The number of hydrogen-bond donors (Lipinski definition) is 1. The highest BCUT2D eigenvalue weighted by atomic mass is 15.2. The van der Waals surface area contributed by atoms with Crippen molar-refractivity contribution in [1.82, 2.24) is 10.3 Å². The van der Waals surface area contributed by atoms with Crippen molar-refractivity contribution >= 4 is 28.7 Å². The summed E-state index contributed by atoms with van der Waals surface area (Å²) in [4.78, 5) is 18.1. The quantitative estimate of drug-likeness (QED) is 0.193. The lowest BCUT2D eigenvalue weighted by atomic mass is 9.64. The Morgan fingerprint density at radius 1 is 0.446 bits per heavy atom. The molecule has 1 N–H and O–H groups in total. The SMILES string of the molecule is c1ccc(C2=NC(c3ccc4c(c3)C3(c5ccccc5N(c5ccccc5)c5ccccc53)c3cccnc3-4)N=C(c3ccc(-c4ccccc4)cc3)N2)cc1. The fraction of sp³-hybridized carbons (Fsp3) is 0.0392. The summed E-state index contributed by atoms with van der Waals surface area (Å²) < 4.78 is 0. The maximum Gasteiger partial charge on any atom is 0.169 e. The molecule has 0 bridgehead atoms. The number of anilines is 3. The molecular formula is C51H35N5. The fourth-order valence-corrected chi connectivity index (χ4v) is 8.93. The molecule has 3 aliphatic rings. The van der Waals surface area contributed by atoms with E-state index in [0.29, 0.717) is 0 Å². The number of aliphatic imine (C=N–C) groups is 2. The second-order valence-corrected chi connectivity index (χ2v) is 14.4. The van der Waals surface area contributed by atoms with Gasteiger partial charge in [0.1, 0.15) is 11.7 Å². The molecule has 1 atom stereocenters. The maximum atomic E-state index is 5.34. The lowest BCUT2D eigenvalue weighted by Crippen LogP contribution is -2.37. The molecule has 5 nitrogen and oxygen atoms in total.